The van der Waals surface area contributed by atoms with E-state index in [1.807, 2.05) is 37.4 Å². The van der Waals surface area contributed by atoms with Gasteiger partial charge in [0.25, 0.3) is 0 Å². The first-order valence-electron chi connectivity index (χ1n) is 5.78. The van der Waals surface area contributed by atoms with Crippen LogP contribution in [0.3, 0.4) is 0 Å². The summed E-state index contributed by atoms with van der Waals surface area (Å²) < 4.78 is 2.07. The van der Waals surface area contributed by atoms with Gasteiger partial charge in [0, 0.05) is 23.9 Å². The number of rotatable bonds is 3. The average Bonchev–Trinajstić information content (AvgIpc) is 2.70. The second-order valence-corrected chi connectivity index (χ2v) is 4.13. The Bertz CT molecular complexity index is 538. The molecule has 88 valence electrons. The van der Waals surface area contributed by atoms with Crippen molar-refractivity contribution in [1.29, 1.82) is 0 Å². The molecule has 1 heterocycles. The highest BCUT2D eigenvalue weighted by atomic mass is 16.1. The van der Waals surface area contributed by atoms with Crippen molar-refractivity contribution in [3.8, 4) is 5.69 Å². The topological polar surface area (TPSA) is 34.9 Å². The van der Waals surface area contributed by atoms with Gasteiger partial charge in [0.05, 0.1) is 5.69 Å². The monoisotopic (exact) mass is 228 g/mol. The van der Waals surface area contributed by atoms with Crippen molar-refractivity contribution in [3.63, 3.8) is 0 Å². The van der Waals surface area contributed by atoms with Crippen LogP contribution in [-0.2, 0) is 6.42 Å². The summed E-state index contributed by atoms with van der Waals surface area (Å²) in [4.78, 5) is 15.7. The molecular weight excluding hydrogens is 212 g/mol. The van der Waals surface area contributed by atoms with Gasteiger partial charge in [-0.1, -0.05) is 6.92 Å². The van der Waals surface area contributed by atoms with Crippen LogP contribution in [0.1, 0.15) is 35.7 Å². The molecule has 0 radical (unpaired) electrons. The smallest absolute Gasteiger partial charge is 0.159 e. The highest BCUT2D eigenvalue weighted by molar-refractivity contribution is 5.94. The van der Waals surface area contributed by atoms with Gasteiger partial charge >= 0.3 is 0 Å². The molecule has 0 aliphatic heterocycles. The van der Waals surface area contributed by atoms with E-state index < -0.39 is 0 Å². The molecule has 1 aromatic carbocycles. The van der Waals surface area contributed by atoms with E-state index in [4.69, 9.17) is 0 Å². The van der Waals surface area contributed by atoms with Gasteiger partial charge in [-0.25, -0.2) is 4.98 Å². The zero-order chi connectivity index (χ0) is 12.4. The Morgan fingerprint density at radius 1 is 1.29 bits per heavy atom. The lowest BCUT2D eigenvalue weighted by atomic mass is 10.1. The lowest BCUT2D eigenvalue weighted by Crippen LogP contribution is -1.99. The highest BCUT2D eigenvalue weighted by Gasteiger charge is 2.06. The van der Waals surface area contributed by atoms with Crippen LogP contribution >= 0.6 is 0 Å². The molecule has 3 nitrogen and oxygen atoms in total. The minimum absolute atomic E-state index is 0.0917. The van der Waals surface area contributed by atoms with E-state index in [0.717, 1.165) is 29.2 Å². The van der Waals surface area contributed by atoms with E-state index in [0.29, 0.717) is 0 Å². The zero-order valence-corrected chi connectivity index (χ0v) is 10.4. The fraction of sp³-hybridized carbons (Fsp3) is 0.286. The van der Waals surface area contributed by atoms with Crippen LogP contribution in [0, 0.1) is 6.92 Å². The van der Waals surface area contributed by atoms with Crippen molar-refractivity contribution in [2.75, 3.05) is 0 Å². The third-order valence-corrected chi connectivity index (χ3v) is 2.77. The number of nitrogens with zero attached hydrogens (tertiary/aromatic N) is 2. The summed E-state index contributed by atoms with van der Waals surface area (Å²) in [5.74, 6) is 1.13. The Labute approximate surface area is 101 Å². The summed E-state index contributed by atoms with van der Waals surface area (Å²) in [6.07, 6.45) is 2.91. The van der Waals surface area contributed by atoms with Crippen LogP contribution < -0.4 is 0 Å². The molecule has 0 spiro atoms. The molecule has 0 saturated carbocycles. The molecular formula is C14H16N2O. The molecule has 2 aromatic rings. The predicted molar refractivity (Wildman–Crippen MR) is 67.7 cm³/mol. The highest BCUT2D eigenvalue weighted by Crippen LogP contribution is 2.14. The van der Waals surface area contributed by atoms with Crippen LogP contribution in [0.4, 0.5) is 0 Å². The molecule has 0 amide bonds. The van der Waals surface area contributed by atoms with Crippen molar-refractivity contribution in [2.24, 2.45) is 0 Å². The SMILES string of the molecule is CCc1nc(C)cn1-c1ccc(C(C)=O)cc1. The van der Waals surface area contributed by atoms with Crippen molar-refractivity contribution in [2.45, 2.75) is 27.2 Å². The van der Waals surface area contributed by atoms with Crippen LogP contribution in [0.25, 0.3) is 5.69 Å². The minimum atomic E-state index is 0.0917. The number of imidazole rings is 1. The summed E-state index contributed by atoms with van der Waals surface area (Å²) in [5.41, 5.74) is 2.80. The molecule has 3 heteroatoms. The first kappa shape index (κ1) is 11.6. The van der Waals surface area contributed by atoms with Crippen molar-refractivity contribution in [1.82, 2.24) is 9.55 Å². The molecule has 0 unspecified atom stereocenters. The van der Waals surface area contributed by atoms with Crippen molar-refractivity contribution < 1.29 is 4.79 Å². The molecule has 0 N–H and O–H groups in total. The average molecular weight is 228 g/mol. The molecule has 0 aliphatic carbocycles. The number of carbonyl (C=O) groups excluding carboxylic acids is 1. The molecule has 0 aliphatic rings. The maximum Gasteiger partial charge on any atom is 0.159 e. The first-order chi connectivity index (χ1) is 8.11. The molecule has 0 atom stereocenters. The second kappa shape index (κ2) is 4.53. The summed E-state index contributed by atoms with van der Waals surface area (Å²) in [6.45, 7) is 5.65. The fourth-order valence-electron chi connectivity index (χ4n) is 1.88. The van der Waals surface area contributed by atoms with Gasteiger partial charge in [-0.05, 0) is 38.1 Å². The van der Waals surface area contributed by atoms with E-state index in [2.05, 4.69) is 16.5 Å². The third kappa shape index (κ3) is 2.28. The second-order valence-electron chi connectivity index (χ2n) is 4.13. The number of ketones is 1. The third-order valence-electron chi connectivity index (χ3n) is 2.77. The molecule has 17 heavy (non-hydrogen) atoms. The van der Waals surface area contributed by atoms with Crippen LogP contribution in [0.15, 0.2) is 30.5 Å². The van der Waals surface area contributed by atoms with Crippen molar-refractivity contribution >= 4 is 5.78 Å². The Kier molecular flexibility index (Phi) is 3.09. The number of aryl methyl sites for hydroxylation is 2. The van der Waals surface area contributed by atoms with Crippen molar-refractivity contribution in [3.05, 3.63) is 47.5 Å². The summed E-state index contributed by atoms with van der Waals surface area (Å²) in [7, 11) is 0. The van der Waals surface area contributed by atoms with Crippen LogP contribution in [0.2, 0.25) is 0 Å². The Morgan fingerprint density at radius 3 is 2.47 bits per heavy atom. The van der Waals surface area contributed by atoms with E-state index in [1.165, 1.54) is 0 Å². The van der Waals surface area contributed by atoms with Gasteiger partial charge in [0.15, 0.2) is 5.78 Å². The largest absolute Gasteiger partial charge is 0.303 e. The Morgan fingerprint density at radius 2 is 1.94 bits per heavy atom. The number of benzene rings is 1. The van der Waals surface area contributed by atoms with Gasteiger partial charge in [-0.2, -0.15) is 0 Å². The maximum atomic E-state index is 11.2. The molecule has 0 bridgehead atoms. The van der Waals surface area contributed by atoms with E-state index in [9.17, 15) is 4.79 Å². The van der Waals surface area contributed by atoms with Crippen LogP contribution in [-0.4, -0.2) is 15.3 Å². The Balaban J connectivity index is 2.42. The van der Waals surface area contributed by atoms with E-state index >= 15 is 0 Å². The lowest BCUT2D eigenvalue weighted by molar-refractivity contribution is 0.101. The quantitative estimate of drug-likeness (QED) is 0.757. The summed E-state index contributed by atoms with van der Waals surface area (Å²) in [6, 6.07) is 7.62. The van der Waals surface area contributed by atoms with Gasteiger partial charge in [0.2, 0.25) is 0 Å². The summed E-state index contributed by atoms with van der Waals surface area (Å²) >= 11 is 0. The Hall–Kier alpha value is -1.90. The number of carbonyl (C=O) groups is 1. The van der Waals surface area contributed by atoms with Crippen LogP contribution in [0.5, 0.6) is 0 Å². The number of aromatic nitrogens is 2. The molecule has 2 rings (SSSR count). The predicted octanol–water partition coefficient (Wildman–Crippen LogP) is 2.95. The van der Waals surface area contributed by atoms with Gasteiger partial charge < -0.3 is 4.57 Å². The van der Waals surface area contributed by atoms with Gasteiger partial charge in [-0.3, -0.25) is 4.79 Å². The number of hydrogen-bond donors (Lipinski definition) is 0. The lowest BCUT2D eigenvalue weighted by Gasteiger charge is -2.06. The van der Waals surface area contributed by atoms with Gasteiger partial charge in [-0.15, -0.1) is 0 Å². The minimum Gasteiger partial charge on any atom is -0.303 e. The zero-order valence-electron chi connectivity index (χ0n) is 10.4. The van der Waals surface area contributed by atoms with Gasteiger partial charge in [0.1, 0.15) is 5.82 Å². The van der Waals surface area contributed by atoms with E-state index in [-0.39, 0.29) is 5.78 Å². The molecule has 0 saturated heterocycles. The standard InChI is InChI=1S/C14H16N2O/c1-4-14-15-10(2)9-16(14)13-7-5-12(6-8-13)11(3)17/h5-9H,4H2,1-3H3. The summed E-state index contributed by atoms with van der Waals surface area (Å²) in [5, 5.41) is 0. The normalized spacial score (nSPS) is 10.5. The fourth-order valence-corrected chi connectivity index (χ4v) is 1.88. The maximum absolute atomic E-state index is 11.2. The molecule has 1 aromatic heterocycles. The number of Topliss-reactive ketones (excluding diaryl/α,β-unsaturated/α-hetero) is 1. The van der Waals surface area contributed by atoms with E-state index in [1.54, 1.807) is 6.92 Å². The molecule has 0 fully saturated rings. The number of hydrogen-bond acceptors (Lipinski definition) is 2. The first-order valence-corrected chi connectivity index (χ1v) is 5.78.